The highest BCUT2D eigenvalue weighted by Crippen LogP contribution is 2.40. The Labute approximate surface area is 177 Å². The Balaban J connectivity index is 1.76. The summed E-state index contributed by atoms with van der Waals surface area (Å²) in [6.45, 7) is 0. The van der Waals surface area contributed by atoms with E-state index in [-0.39, 0.29) is 4.90 Å². The quantitative estimate of drug-likeness (QED) is 0.399. The van der Waals surface area contributed by atoms with Gasteiger partial charge in [0.1, 0.15) is 11.4 Å². The monoisotopic (exact) mass is 442 g/mol. The molecule has 5 nitrogen and oxygen atoms in total. The normalized spacial score (nSPS) is 11.3. The molecule has 0 unspecified atom stereocenters. The van der Waals surface area contributed by atoms with Gasteiger partial charge >= 0.3 is 0 Å². The van der Waals surface area contributed by atoms with E-state index in [1.54, 1.807) is 30.3 Å². The summed E-state index contributed by atoms with van der Waals surface area (Å²) < 4.78 is 34.0. The fourth-order valence-electron chi connectivity index (χ4n) is 2.63. The van der Waals surface area contributed by atoms with Crippen LogP contribution in [0.1, 0.15) is 0 Å². The van der Waals surface area contributed by atoms with Crippen LogP contribution in [0.25, 0.3) is 11.3 Å². The molecule has 0 aliphatic heterocycles. The average molecular weight is 443 g/mol. The zero-order valence-corrected chi connectivity index (χ0v) is 17.3. The Hall–Kier alpha value is -2.74. The van der Waals surface area contributed by atoms with Crippen LogP contribution in [-0.4, -0.2) is 13.6 Å². The number of rotatable bonds is 6. The van der Waals surface area contributed by atoms with Gasteiger partial charge in [-0.1, -0.05) is 65.3 Å². The highest BCUT2D eigenvalue weighted by molar-refractivity contribution is 7.99. The minimum atomic E-state index is -3.82. The van der Waals surface area contributed by atoms with E-state index in [1.165, 1.54) is 23.9 Å². The maximum absolute atomic E-state index is 12.9. The van der Waals surface area contributed by atoms with Crippen LogP contribution >= 0.6 is 23.4 Å². The molecule has 4 rings (SSSR count). The Morgan fingerprint density at radius 1 is 0.862 bits per heavy atom. The molecule has 0 atom stereocenters. The number of halogens is 1. The minimum absolute atomic E-state index is 0.155. The van der Waals surface area contributed by atoms with Crippen LogP contribution in [0.3, 0.4) is 0 Å². The van der Waals surface area contributed by atoms with Crippen LogP contribution in [-0.2, 0) is 10.0 Å². The lowest BCUT2D eigenvalue weighted by Gasteiger charge is -2.09. The predicted molar refractivity (Wildman–Crippen MR) is 115 cm³/mol. The molecule has 0 aliphatic carbocycles. The number of hydrogen-bond donors (Lipinski definition) is 1. The van der Waals surface area contributed by atoms with E-state index in [0.717, 1.165) is 10.5 Å². The Morgan fingerprint density at radius 3 is 2.14 bits per heavy atom. The maximum Gasteiger partial charge on any atom is 0.262 e. The average Bonchev–Trinajstić information content (AvgIpc) is 3.12. The molecular formula is C21H15ClN2O3S2. The second-order valence-corrected chi connectivity index (χ2v) is 9.20. The van der Waals surface area contributed by atoms with Crippen molar-refractivity contribution in [1.29, 1.82) is 0 Å². The van der Waals surface area contributed by atoms with Crippen molar-refractivity contribution in [1.82, 2.24) is 5.16 Å². The molecule has 0 aliphatic rings. The number of nitrogens with zero attached hydrogens (tertiary/aromatic N) is 1. The maximum atomic E-state index is 12.9. The number of hydrogen-bond acceptors (Lipinski definition) is 5. The lowest BCUT2D eigenvalue weighted by Crippen LogP contribution is -2.13. The van der Waals surface area contributed by atoms with E-state index in [1.807, 2.05) is 42.5 Å². The molecule has 0 radical (unpaired) electrons. The first-order valence-electron chi connectivity index (χ1n) is 8.59. The van der Waals surface area contributed by atoms with Gasteiger partial charge in [0.15, 0.2) is 0 Å². The molecule has 1 N–H and O–H groups in total. The van der Waals surface area contributed by atoms with Gasteiger partial charge in [0.05, 0.1) is 4.90 Å². The zero-order valence-electron chi connectivity index (χ0n) is 14.9. The highest BCUT2D eigenvalue weighted by atomic mass is 35.5. The van der Waals surface area contributed by atoms with E-state index in [0.29, 0.717) is 21.5 Å². The molecule has 3 aromatic carbocycles. The van der Waals surface area contributed by atoms with Gasteiger partial charge in [-0.15, -0.1) is 0 Å². The van der Waals surface area contributed by atoms with Crippen molar-refractivity contribution in [2.24, 2.45) is 0 Å². The molecule has 1 aromatic heterocycles. The summed E-state index contributed by atoms with van der Waals surface area (Å²) in [5.74, 6) is 0. The van der Waals surface area contributed by atoms with Crippen molar-refractivity contribution < 1.29 is 12.9 Å². The molecule has 8 heteroatoms. The summed E-state index contributed by atoms with van der Waals surface area (Å²) in [6, 6.07) is 24.6. The van der Waals surface area contributed by atoms with Gasteiger partial charge in [0, 0.05) is 15.5 Å². The van der Waals surface area contributed by atoms with Crippen LogP contribution in [0.2, 0.25) is 5.02 Å². The molecule has 0 saturated carbocycles. The topological polar surface area (TPSA) is 72.2 Å². The third-order valence-electron chi connectivity index (χ3n) is 4.02. The first-order valence-corrected chi connectivity index (χ1v) is 11.3. The summed E-state index contributed by atoms with van der Waals surface area (Å²) >= 11 is 7.21. The van der Waals surface area contributed by atoms with Gasteiger partial charge in [0.2, 0.25) is 5.09 Å². The van der Waals surface area contributed by atoms with Crippen LogP contribution in [0.5, 0.6) is 0 Å². The fourth-order valence-corrected chi connectivity index (χ4v) is 4.72. The van der Waals surface area contributed by atoms with Crippen molar-refractivity contribution in [2.45, 2.75) is 14.9 Å². The molecule has 0 amide bonds. The fraction of sp³-hybridized carbons (Fsp3) is 0. The summed E-state index contributed by atoms with van der Waals surface area (Å²) in [4.78, 5) is 0.993. The second kappa shape index (κ2) is 8.32. The van der Waals surface area contributed by atoms with Gasteiger partial charge in [0.25, 0.3) is 10.0 Å². The Morgan fingerprint density at radius 2 is 1.48 bits per heavy atom. The standard InChI is InChI=1S/C21H15ClN2O3S2/c22-16-11-13-17(14-12-16)28-21-20(19(23-27-21)15-7-3-1-4-8-15)24-29(25,26)18-9-5-2-6-10-18/h1-14,24H. The molecule has 0 saturated heterocycles. The first-order chi connectivity index (χ1) is 14.0. The van der Waals surface area contributed by atoms with Crippen LogP contribution in [0.4, 0.5) is 5.69 Å². The van der Waals surface area contributed by atoms with Crippen molar-refractivity contribution >= 4 is 39.1 Å². The Bertz CT molecular complexity index is 1210. The second-order valence-electron chi connectivity index (χ2n) is 6.03. The van der Waals surface area contributed by atoms with E-state index in [2.05, 4.69) is 9.88 Å². The van der Waals surface area contributed by atoms with Gasteiger partial charge in [-0.3, -0.25) is 4.72 Å². The number of anilines is 1. The van der Waals surface area contributed by atoms with E-state index < -0.39 is 10.0 Å². The SMILES string of the molecule is O=S(=O)(Nc1c(-c2ccccc2)noc1Sc1ccc(Cl)cc1)c1ccccc1. The molecule has 4 aromatic rings. The van der Waals surface area contributed by atoms with E-state index in [4.69, 9.17) is 16.1 Å². The number of sulfonamides is 1. The molecular weight excluding hydrogens is 428 g/mol. The van der Waals surface area contributed by atoms with Crippen molar-refractivity contribution in [2.75, 3.05) is 4.72 Å². The van der Waals surface area contributed by atoms with Crippen molar-refractivity contribution in [3.8, 4) is 11.3 Å². The summed E-state index contributed by atoms with van der Waals surface area (Å²) in [7, 11) is -3.82. The van der Waals surface area contributed by atoms with E-state index in [9.17, 15) is 8.42 Å². The minimum Gasteiger partial charge on any atom is -0.347 e. The largest absolute Gasteiger partial charge is 0.347 e. The number of aromatic nitrogens is 1. The van der Waals surface area contributed by atoms with Gasteiger partial charge < -0.3 is 4.52 Å². The van der Waals surface area contributed by atoms with Gasteiger partial charge in [-0.25, -0.2) is 8.42 Å². The van der Waals surface area contributed by atoms with E-state index >= 15 is 0 Å². The molecule has 29 heavy (non-hydrogen) atoms. The summed E-state index contributed by atoms with van der Waals surface area (Å²) in [5.41, 5.74) is 1.45. The van der Waals surface area contributed by atoms with Gasteiger partial charge in [-0.2, -0.15) is 0 Å². The summed E-state index contributed by atoms with van der Waals surface area (Å²) in [5, 5.41) is 5.08. The molecule has 0 spiro atoms. The molecule has 146 valence electrons. The predicted octanol–water partition coefficient (Wildman–Crippen LogP) is 5.95. The highest BCUT2D eigenvalue weighted by Gasteiger charge is 2.24. The third kappa shape index (κ3) is 4.48. The van der Waals surface area contributed by atoms with Crippen LogP contribution in [0, 0.1) is 0 Å². The molecule has 0 fully saturated rings. The lowest BCUT2D eigenvalue weighted by molar-refractivity contribution is 0.353. The van der Waals surface area contributed by atoms with Crippen LogP contribution in [0.15, 0.2) is 104 Å². The lowest BCUT2D eigenvalue weighted by atomic mass is 10.1. The molecule has 1 heterocycles. The number of benzene rings is 3. The number of nitrogens with one attached hydrogen (secondary N) is 1. The third-order valence-corrected chi connectivity index (χ3v) is 6.61. The first kappa shape index (κ1) is 19.6. The zero-order chi connectivity index (χ0) is 20.3. The van der Waals surface area contributed by atoms with Crippen LogP contribution < -0.4 is 4.72 Å². The summed E-state index contributed by atoms with van der Waals surface area (Å²) in [6.07, 6.45) is 0. The van der Waals surface area contributed by atoms with Gasteiger partial charge in [-0.05, 0) is 48.2 Å². The van der Waals surface area contributed by atoms with Crippen molar-refractivity contribution in [3.05, 3.63) is 90.0 Å². The van der Waals surface area contributed by atoms with Crippen molar-refractivity contribution in [3.63, 3.8) is 0 Å². The smallest absolute Gasteiger partial charge is 0.262 e. The molecule has 0 bridgehead atoms. The Kier molecular flexibility index (Phi) is 5.62.